The highest BCUT2D eigenvalue weighted by Gasteiger charge is 2.51. The molecule has 3 nitrogen and oxygen atoms in total. The van der Waals surface area contributed by atoms with Crippen LogP contribution in [-0.4, -0.2) is 36.1 Å². The summed E-state index contributed by atoms with van der Waals surface area (Å²) in [6.45, 7) is 4.98. The van der Waals surface area contributed by atoms with Gasteiger partial charge in [0.05, 0.1) is 23.9 Å². The Morgan fingerprint density at radius 1 is 1.43 bits per heavy atom. The molecule has 1 saturated heterocycles. The fourth-order valence-corrected chi connectivity index (χ4v) is 2.41. The number of hydrogen-bond donors (Lipinski definition) is 1. The van der Waals surface area contributed by atoms with E-state index in [0.717, 1.165) is 25.9 Å². The summed E-state index contributed by atoms with van der Waals surface area (Å²) in [7, 11) is 1.68. The fraction of sp³-hybridized carbons (Fsp3) is 1.00. The van der Waals surface area contributed by atoms with E-state index < -0.39 is 0 Å². The highest BCUT2D eigenvalue weighted by Crippen LogP contribution is 2.45. The van der Waals surface area contributed by atoms with Gasteiger partial charge in [-0.3, -0.25) is 0 Å². The van der Waals surface area contributed by atoms with Crippen molar-refractivity contribution >= 4 is 0 Å². The van der Waals surface area contributed by atoms with E-state index in [4.69, 9.17) is 9.47 Å². The van der Waals surface area contributed by atoms with Gasteiger partial charge in [0.1, 0.15) is 0 Å². The third kappa shape index (κ3) is 1.58. The summed E-state index contributed by atoms with van der Waals surface area (Å²) in [4.78, 5) is 0. The summed E-state index contributed by atoms with van der Waals surface area (Å²) in [5.74, 6) is 0.501. The molecule has 0 aromatic heterocycles. The van der Waals surface area contributed by atoms with Crippen LogP contribution in [0.25, 0.3) is 0 Å². The average Bonchev–Trinajstić information content (AvgIpc) is 2.90. The third-order valence-corrected chi connectivity index (χ3v) is 4.13. The highest BCUT2D eigenvalue weighted by molar-refractivity contribution is 5.01. The first kappa shape index (κ1) is 10.4. The first-order valence-electron chi connectivity index (χ1n) is 5.37. The highest BCUT2D eigenvalue weighted by atomic mass is 16.6. The number of hydrogen-bond acceptors (Lipinski definition) is 3. The number of epoxide rings is 1. The van der Waals surface area contributed by atoms with Crippen molar-refractivity contribution in [1.29, 1.82) is 0 Å². The monoisotopic (exact) mass is 200 g/mol. The van der Waals surface area contributed by atoms with Gasteiger partial charge in [0, 0.05) is 7.11 Å². The van der Waals surface area contributed by atoms with Crippen molar-refractivity contribution in [3.8, 4) is 0 Å². The molecular formula is C11H20O3. The number of methoxy groups -OCH3 is 1. The topological polar surface area (TPSA) is 42.0 Å². The minimum Gasteiger partial charge on any atom is -0.390 e. The second-order valence-electron chi connectivity index (χ2n) is 5.11. The maximum Gasteiger partial charge on any atom is 0.0917 e. The molecule has 1 aliphatic carbocycles. The summed E-state index contributed by atoms with van der Waals surface area (Å²) < 4.78 is 10.8. The van der Waals surface area contributed by atoms with Crippen LogP contribution >= 0.6 is 0 Å². The van der Waals surface area contributed by atoms with E-state index in [0.29, 0.717) is 5.92 Å². The van der Waals surface area contributed by atoms with Crippen LogP contribution in [-0.2, 0) is 9.47 Å². The van der Waals surface area contributed by atoms with Gasteiger partial charge in [0.2, 0.25) is 0 Å². The Morgan fingerprint density at radius 2 is 2.07 bits per heavy atom. The lowest BCUT2D eigenvalue weighted by molar-refractivity contribution is -0.128. The SMILES string of the molecule is CO[C@@]1(C)CC[C@@H](C2(C)CO2)C[C@@H]1O. The lowest BCUT2D eigenvalue weighted by Crippen LogP contribution is -2.48. The molecule has 14 heavy (non-hydrogen) atoms. The van der Waals surface area contributed by atoms with Gasteiger partial charge in [-0.2, -0.15) is 0 Å². The predicted molar refractivity (Wildman–Crippen MR) is 53.1 cm³/mol. The largest absolute Gasteiger partial charge is 0.390 e. The van der Waals surface area contributed by atoms with E-state index in [-0.39, 0.29) is 17.3 Å². The molecule has 0 aromatic carbocycles. The van der Waals surface area contributed by atoms with Gasteiger partial charge in [-0.05, 0) is 39.0 Å². The minimum atomic E-state index is -0.354. The summed E-state index contributed by atoms with van der Waals surface area (Å²) in [5.41, 5.74) is -0.294. The van der Waals surface area contributed by atoms with Gasteiger partial charge in [-0.1, -0.05) is 0 Å². The molecule has 2 rings (SSSR count). The fourth-order valence-electron chi connectivity index (χ4n) is 2.41. The third-order valence-electron chi connectivity index (χ3n) is 4.13. The van der Waals surface area contributed by atoms with Crippen LogP contribution in [0, 0.1) is 5.92 Å². The lowest BCUT2D eigenvalue weighted by Gasteiger charge is -2.41. The number of ether oxygens (including phenoxy) is 2. The second kappa shape index (κ2) is 3.19. The van der Waals surface area contributed by atoms with Gasteiger partial charge in [0.15, 0.2) is 0 Å². The summed E-state index contributed by atoms with van der Waals surface area (Å²) in [5, 5.41) is 10.0. The zero-order valence-corrected chi connectivity index (χ0v) is 9.25. The van der Waals surface area contributed by atoms with Crippen LogP contribution in [0.15, 0.2) is 0 Å². The molecule has 4 atom stereocenters. The zero-order chi connectivity index (χ0) is 10.4. The van der Waals surface area contributed by atoms with Crippen molar-refractivity contribution in [1.82, 2.24) is 0 Å². The van der Waals surface area contributed by atoms with Gasteiger partial charge in [0.25, 0.3) is 0 Å². The standard InChI is InChI=1S/C11H20O3/c1-10(13-3)5-4-8(6-9(10)12)11(2)7-14-11/h8-9,12H,4-7H2,1-3H3/t8-,9+,10+,11?/m1/s1. The van der Waals surface area contributed by atoms with Crippen LogP contribution in [0.5, 0.6) is 0 Å². The minimum absolute atomic E-state index is 0.0516. The lowest BCUT2D eigenvalue weighted by atomic mass is 9.73. The summed E-state index contributed by atoms with van der Waals surface area (Å²) >= 11 is 0. The van der Waals surface area contributed by atoms with Crippen LogP contribution in [0.2, 0.25) is 0 Å². The van der Waals surface area contributed by atoms with E-state index in [1.807, 2.05) is 6.92 Å². The van der Waals surface area contributed by atoms with Crippen molar-refractivity contribution in [2.45, 2.75) is 50.4 Å². The number of aliphatic hydroxyl groups excluding tert-OH is 1. The summed E-state index contributed by atoms with van der Waals surface area (Å²) in [6.07, 6.45) is 2.47. The van der Waals surface area contributed by atoms with E-state index in [2.05, 4.69) is 6.92 Å². The molecule has 1 aliphatic heterocycles. The molecule has 0 bridgehead atoms. The molecule has 82 valence electrons. The molecule has 0 spiro atoms. The Bertz CT molecular complexity index is 225. The Balaban J connectivity index is 1.99. The van der Waals surface area contributed by atoms with Crippen molar-refractivity contribution in [3.63, 3.8) is 0 Å². The zero-order valence-electron chi connectivity index (χ0n) is 9.25. The van der Waals surface area contributed by atoms with E-state index in [9.17, 15) is 5.11 Å². The maximum absolute atomic E-state index is 10.0. The average molecular weight is 200 g/mol. The Kier molecular flexibility index (Phi) is 2.37. The number of rotatable bonds is 2. The van der Waals surface area contributed by atoms with Crippen LogP contribution in [0.4, 0.5) is 0 Å². The molecule has 1 saturated carbocycles. The molecule has 1 heterocycles. The smallest absolute Gasteiger partial charge is 0.0917 e. The molecule has 0 amide bonds. The van der Waals surface area contributed by atoms with E-state index in [1.54, 1.807) is 7.11 Å². The molecule has 0 aromatic rings. The first-order valence-corrected chi connectivity index (χ1v) is 5.37. The van der Waals surface area contributed by atoms with E-state index in [1.165, 1.54) is 0 Å². The van der Waals surface area contributed by atoms with Gasteiger partial charge in [-0.25, -0.2) is 0 Å². The van der Waals surface area contributed by atoms with Crippen molar-refractivity contribution in [2.75, 3.05) is 13.7 Å². The van der Waals surface area contributed by atoms with Gasteiger partial charge < -0.3 is 14.6 Å². The van der Waals surface area contributed by atoms with E-state index >= 15 is 0 Å². The Morgan fingerprint density at radius 3 is 2.50 bits per heavy atom. The van der Waals surface area contributed by atoms with Crippen molar-refractivity contribution < 1.29 is 14.6 Å². The first-order chi connectivity index (χ1) is 6.50. The normalized spacial score (nSPS) is 53.1. The Labute approximate surface area is 85.4 Å². The van der Waals surface area contributed by atoms with Crippen molar-refractivity contribution in [2.24, 2.45) is 5.92 Å². The molecule has 1 unspecified atom stereocenters. The number of aliphatic hydroxyl groups is 1. The second-order valence-corrected chi connectivity index (χ2v) is 5.11. The molecule has 2 aliphatic rings. The van der Waals surface area contributed by atoms with Crippen LogP contribution in [0.3, 0.4) is 0 Å². The summed E-state index contributed by atoms with van der Waals surface area (Å²) in [6, 6.07) is 0. The molecule has 0 radical (unpaired) electrons. The van der Waals surface area contributed by atoms with Gasteiger partial charge in [-0.15, -0.1) is 0 Å². The van der Waals surface area contributed by atoms with Crippen molar-refractivity contribution in [3.05, 3.63) is 0 Å². The van der Waals surface area contributed by atoms with Crippen LogP contribution in [0.1, 0.15) is 33.1 Å². The molecular weight excluding hydrogens is 180 g/mol. The predicted octanol–water partition coefficient (Wildman–Crippen LogP) is 1.34. The molecule has 2 fully saturated rings. The Hall–Kier alpha value is -0.120. The maximum atomic E-state index is 10.0. The van der Waals surface area contributed by atoms with Gasteiger partial charge >= 0.3 is 0 Å². The molecule has 1 N–H and O–H groups in total. The van der Waals surface area contributed by atoms with Crippen LogP contribution < -0.4 is 0 Å². The molecule has 3 heteroatoms. The quantitative estimate of drug-likeness (QED) is 0.684.